The van der Waals surface area contributed by atoms with E-state index in [2.05, 4.69) is 71.1 Å². The van der Waals surface area contributed by atoms with Crippen molar-refractivity contribution >= 4 is 10.9 Å². The van der Waals surface area contributed by atoms with Gasteiger partial charge in [0.1, 0.15) is 0 Å². The van der Waals surface area contributed by atoms with E-state index in [1.807, 2.05) is 0 Å². The van der Waals surface area contributed by atoms with E-state index < -0.39 is 0 Å². The predicted octanol–water partition coefficient (Wildman–Crippen LogP) is 6.59. The molecule has 3 heterocycles. The van der Waals surface area contributed by atoms with Crippen molar-refractivity contribution in [3.05, 3.63) is 65.4 Å². The monoisotopic (exact) mass is 435 g/mol. The lowest BCUT2D eigenvalue weighted by Gasteiger charge is -2.41. The molecule has 33 heavy (non-hydrogen) atoms. The largest absolute Gasteiger partial charge is 0.313 e. The first-order valence-electron chi connectivity index (χ1n) is 13.0. The Kier molecular flexibility index (Phi) is 4.12. The molecular formula is C30H33N3. The summed E-state index contributed by atoms with van der Waals surface area (Å²) in [6.45, 7) is 4.37. The maximum Gasteiger partial charge on any atom is 0.179 e. The molecule has 1 unspecified atom stereocenters. The Balaban J connectivity index is 1.48. The molecule has 4 aliphatic rings. The minimum Gasteiger partial charge on any atom is -0.313 e. The summed E-state index contributed by atoms with van der Waals surface area (Å²) in [7, 11) is 0. The fraction of sp³-hybridized carbons (Fsp3) is 0.500. The quantitative estimate of drug-likeness (QED) is 0.373. The third kappa shape index (κ3) is 2.67. The molecule has 0 saturated heterocycles. The van der Waals surface area contributed by atoms with Crippen LogP contribution in [0.15, 0.2) is 48.5 Å². The second kappa shape index (κ2) is 6.89. The summed E-state index contributed by atoms with van der Waals surface area (Å²) in [5.74, 6) is 1.26. The lowest BCUT2D eigenvalue weighted by Crippen LogP contribution is -2.38. The van der Waals surface area contributed by atoms with Crippen LogP contribution in [-0.2, 0) is 12.8 Å². The van der Waals surface area contributed by atoms with Crippen LogP contribution in [0.3, 0.4) is 0 Å². The number of para-hydroxylation sites is 2. The Hall–Kier alpha value is -2.73. The van der Waals surface area contributed by atoms with E-state index in [9.17, 15) is 5.26 Å². The molecule has 2 aromatic carbocycles. The lowest BCUT2D eigenvalue weighted by atomic mass is 9.67. The second-order valence-corrected chi connectivity index (χ2v) is 11.6. The van der Waals surface area contributed by atoms with Crippen LogP contribution in [0.4, 0.5) is 0 Å². The van der Waals surface area contributed by atoms with E-state index in [0.29, 0.717) is 22.7 Å². The zero-order valence-electron chi connectivity index (χ0n) is 19.7. The van der Waals surface area contributed by atoms with Crippen LogP contribution in [0.25, 0.3) is 16.6 Å². The van der Waals surface area contributed by atoms with Gasteiger partial charge in [0.05, 0.1) is 5.52 Å². The standard InChI is InChI=1S/C30H33N3/c1-29-15-6-8-23-18-32(20-31)16-14-25-24-9-3-5-11-27(24)33-26-10-4-2-7-21(26)12-13-22(28(25)33)17-30(23,29)19-29/h2-5,7,9-11,22-23H,6,8,12-19H2,1H3/t22?,23-,29+,30+/m0/s1. The number of fused-ring (bicyclic) bond motifs is 5. The van der Waals surface area contributed by atoms with Gasteiger partial charge < -0.3 is 9.47 Å². The van der Waals surface area contributed by atoms with Gasteiger partial charge in [0.2, 0.25) is 0 Å². The molecule has 0 N–H and O–H groups in total. The molecule has 168 valence electrons. The van der Waals surface area contributed by atoms with Gasteiger partial charge in [0.25, 0.3) is 0 Å². The average Bonchev–Trinajstić information content (AvgIpc) is 3.38. The van der Waals surface area contributed by atoms with Crippen molar-refractivity contribution in [2.24, 2.45) is 16.7 Å². The zero-order valence-corrected chi connectivity index (χ0v) is 19.7. The number of aryl methyl sites for hydroxylation is 1. The second-order valence-electron chi connectivity index (χ2n) is 11.6. The Labute approximate surface area is 197 Å². The van der Waals surface area contributed by atoms with Crippen LogP contribution in [0.1, 0.15) is 68.2 Å². The summed E-state index contributed by atoms with van der Waals surface area (Å²) in [5.41, 5.74) is 8.17. The van der Waals surface area contributed by atoms with Crippen molar-refractivity contribution in [2.45, 2.75) is 64.2 Å². The van der Waals surface area contributed by atoms with Crippen molar-refractivity contribution in [1.29, 1.82) is 5.26 Å². The minimum absolute atomic E-state index is 0.414. The number of benzene rings is 2. The topological polar surface area (TPSA) is 32.0 Å². The molecule has 2 saturated carbocycles. The molecule has 3 aromatic rings. The van der Waals surface area contributed by atoms with Gasteiger partial charge in [0, 0.05) is 35.8 Å². The zero-order chi connectivity index (χ0) is 22.2. The molecule has 3 nitrogen and oxygen atoms in total. The molecule has 2 aliphatic heterocycles. The highest BCUT2D eigenvalue weighted by Crippen LogP contribution is 2.76. The van der Waals surface area contributed by atoms with Gasteiger partial charge in [-0.3, -0.25) is 0 Å². The Bertz CT molecular complexity index is 1300. The predicted molar refractivity (Wildman–Crippen MR) is 132 cm³/mol. The molecule has 4 atom stereocenters. The van der Waals surface area contributed by atoms with E-state index in [1.54, 1.807) is 5.69 Å². The van der Waals surface area contributed by atoms with Crippen LogP contribution < -0.4 is 0 Å². The van der Waals surface area contributed by atoms with Gasteiger partial charge in [-0.1, -0.05) is 49.7 Å². The first-order chi connectivity index (χ1) is 16.1. The van der Waals surface area contributed by atoms with Gasteiger partial charge in [-0.15, -0.1) is 0 Å². The lowest BCUT2D eigenvalue weighted by molar-refractivity contribution is 0.111. The number of nitriles is 1. The van der Waals surface area contributed by atoms with Crippen molar-refractivity contribution in [3.8, 4) is 11.9 Å². The molecule has 0 radical (unpaired) electrons. The molecule has 7 rings (SSSR count). The van der Waals surface area contributed by atoms with Gasteiger partial charge in [-0.25, -0.2) is 0 Å². The molecule has 2 fully saturated rings. The van der Waals surface area contributed by atoms with Crippen LogP contribution in [0.5, 0.6) is 0 Å². The first kappa shape index (κ1) is 19.7. The molecular weight excluding hydrogens is 402 g/mol. The molecule has 3 heteroatoms. The van der Waals surface area contributed by atoms with Crippen LogP contribution in [0.2, 0.25) is 0 Å². The summed E-state index contributed by atoms with van der Waals surface area (Å²) in [4.78, 5) is 2.10. The van der Waals surface area contributed by atoms with Crippen LogP contribution in [-0.4, -0.2) is 22.6 Å². The van der Waals surface area contributed by atoms with E-state index in [-0.39, 0.29) is 0 Å². The number of hydrogen-bond acceptors (Lipinski definition) is 2. The summed E-state index contributed by atoms with van der Waals surface area (Å²) in [6.07, 6.45) is 12.6. The third-order valence-corrected chi connectivity index (χ3v) is 10.1. The van der Waals surface area contributed by atoms with Crippen molar-refractivity contribution < 1.29 is 0 Å². The number of rotatable bonds is 0. The van der Waals surface area contributed by atoms with E-state index in [0.717, 1.165) is 25.9 Å². The summed E-state index contributed by atoms with van der Waals surface area (Å²) >= 11 is 0. The maximum atomic E-state index is 10.0. The molecule has 1 spiro atoms. The molecule has 2 aliphatic carbocycles. The Morgan fingerprint density at radius 1 is 1.03 bits per heavy atom. The van der Waals surface area contributed by atoms with Gasteiger partial charge in [-0.05, 0) is 85.0 Å². The smallest absolute Gasteiger partial charge is 0.179 e. The highest BCUT2D eigenvalue weighted by molar-refractivity contribution is 5.88. The van der Waals surface area contributed by atoms with Gasteiger partial charge in [0.15, 0.2) is 6.19 Å². The van der Waals surface area contributed by atoms with E-state index in [4.69, 9.17) is 0 Å². The maximum absolute atomic E-state index is 10.0. The highest BCUT2D eigenvalue weighted by Gasteiger charge is 2.68. The third-order valence-electron chi connectivity index (χ3n) is 10.1. The van der Waals surface area contributed by atoms with Crippen molar-refractivity contribution in [2.75, 3.05) is 13.1 Å². The molecule has 1 aromatic heterocycles. The van der Waals surface area contributed by atoms with E-state index >= 15 is 0 Å². The summed E-state index contributed by atoms with van der Waals surface area (Å²) in [6, 6.07) is 18.1. The fourth-order valence-corrected chi connectivity index (χ4v) is 8.41. The van der Waals surface area contributed by atoms with Gasteiger partial charge in [-0.2, -0.15) is 5.26 Å². The minimum atomic E-state index is 0.414. The van der Waals surface area contributed by atoms with Crippen LogP contribution in [0, 0.1) is 28.2 Å². The van der Waals surface area contributed by atoms with E-state index in [1.165, 1.54) is 66.2 Å². The summed E-state index contributed by atoms with van der Waals surface area (Å²) in [5, 5.41) is 11.4. The van der Waals surface area contributed by atoms with Crippen LogP contribution >= 0.6 is 0 Å². The molecule has 0 bridgehead atoms. The number of aromatic nitrogens is 1. The fourth-order valence-electron chi connectivity index (χ4n) is 8.41. The molecule has 0 amide bonds. The average molecular weight is 436 g/mol. The Morgan fingerprint density at radius 2 is 1.88 bits per heavy atom. The van der Waals surface area contributed by atoms with Crippen molar-refractivity contribution in [3.63, 3.8) is 0 Å². The first-order valence-corrected chi connectivity index (χ1v) is 13.0. The van der Waals surface area contributed by atoms with Crippen molar-refractivity contribution in [1.82, 2.24) is 9.47 Å². The van der Waals surface area contributed by atoms with Gasteiger partial charge >= 0.3 is 0 Å². The SMILES string of the molecule is C[C@]12CCC[C@H]3CN(C#N)CCc4c5n(c6ccccc46)-c4ccccc4CCC5C[C@@]31C2. The normalized spacial score (nSPS) is 32.5. The number of nitrogens with zero attached hydrogens (tertiary/aromatic N) is 3. The Morgan fingerprint density at radius 3 is 2.79 bits per heavy atom. The highest BCUT2D eigenvalue weighted by atomic mass is 15.1. The number of hydrogen-bond donors (Lipinski definition) is 0. The summed E-state index contributed by atoms with van der Waals surface area (Å²) < 4.78 is 2.63.